The zero-order valence-corrected chi connectivity index (χ0v) is 63.4. The summed E-state index contributed by atoms with van der Waals surface area (Å²) in [5.74, 6) is 0.888. The highest BCUT2D eigenvalue weighted by Crippen LogP contribution is 2.45. The van der Waals surface area contributed by atoms with Crippen molar-refractivity contribution >= 4 is 39.5 Å². The molecule has 6 atom stereocenters. The largest absolute Gasteiger partial charge is 0.472 e. The van der Waals surface area contributed by atoms with Crippen molar-refractivity contribution in [2.75, 3.05) is 39.6 Å². The van der Waals surface area contributed by atoms with Crippen LogP contribution in [0.25, 0.3) is 0 Å². The predicted molar refractivity (Wildman–Crippen MR) is 381 cm³/mol. The number of phosphoric acid groups is 2. The minimum atomic E-state index is -4.96. The minimum Gasteiger partial charge on any atom is -0.462 e. The van der Waals surface area contributed by atoms with Gasteiger partial charge in [-0.1, -0.05) is 325 Å². The molecule has 0 aromatic carbocycles. The van der Waals surface area contributed by atoms with E-state index in [0.29, 0.717) is 31.6 Å². The standard InChI is InChI=1S/C75H146O17P2/c1-9-68(8)54-46-38-33-34-42-50-58-75(80)92-71(62-85-72(77)55-47-39-30-24-20-15-13-11-10-12-14-18-22-27-35-43-51-65(2)3)64-90-94(83,84)88-60-69(76)59-87-93(81,82)89-63-70(61-86-73(78)56-48-40-32-26-29-37-45-53-67(6)7)91-74(79)57-49-41-31-25-21-17-16-19-23-28-36-44-52-66(4)5/h65-71,76H,9-64H2,1-8H3,(H,81,82)(H,83,84)/t68?,69?,70-,71-/m1/s1. The van der Waals surface area contributed by atoms with E-state index in [0.717, 1.165) is 114 Å². The first-order valence-electron chi connectivity index (χ1n) is 38.7. The predicted octanol–water partition coefficient (Wildman–Crippen LogP) is 21.7. The Balaban J connectivity index is 5.18. The fourth-order valence-electron chi connectivity index (χ4n) is 11.3. The highest BCUT2D eigenvalue weighted by atomic mass is 31.2. The minimum absolute atomic E-state index is 0.103. The van der Waals surface area contributed by atoms with E-state index in [9.17, 15) is 43.2 Å². The molecule has 0 fully saturated rings. The number of aliphatic hydroxyl groups excluding tert-OH is 1. The third-order valence-corrected chi connectivity index (χ3v) is 19.6. The van der Waals surface area contributed by atoms with E-state index in [4.69, 9.17) is 37.0 Å². The molecule has 0 radical (unpaired) electrons. The van der Waals surface area contributed by atoms with Gasteiger partial charge < -0.3 is 33.8 Å². The van der Waals surface area contributed by atoms with Crippen molar-refractivity contribution in [3.8, 4) is 0 Å². The van der Waals surface area contributed by atoms with Crippen LogP contribution in [0, 0.1) is 23.7 Å². The number of carbonyl (C=O) groups is 4. The summed E-state index contributed by atoms with van der Waals surface area (Å²) in [6.07, 6.45) is 48.8. The van der Waals surface area contributed by atoms with Crippen LogP contribution in [0.5, 0.6) is 0 Å². The van der Waals surface area contributed by atoms with E-state index in [1.54, 1.807) is 0 Å². The average Bonchev–Trinajstić information content (AvgIpc) is 1.82. The molecular weight excluding hydrogens is 1230 g/mol. The smallest absolute Gasteiger partial charge is 0.462 e. The van der Waals surface area contributed by atoms with Crippen molar-refractivity contribution in [1.29, 1.82) is 0 Å². The normalized spacial score (nSPS) is 14.4. The van der Waals surface area contributed by atoms with Gasteiger partial charge in [0.1, 0.15) is 19.3 Å². The summed E-state index contributed by atoms with van der Waals surface area (Å²) in [5, 5.41) is 10.6. The third kappa shape index (κ3) is 67.3. The highest BCUT2D eigenvalue weighted by Gasteiger charge is 2.30. The summed E-state index contributed by atoms with van der Waals surface area (Å²) in [7, 11) is -9.91. The lowest BCUT2D eigenvalue weighted by molar-refractivity contribution is -0.161. The summed E-state index contributed by atoms with van der Waals surface area (Å²) in [6.45, 7) is 14.1. The van der Waals surface area contributed by atoms with Gasteiger partial charge >= 0.3 is 39.5 Å². The Morgan fingerprint density at radius 1 is 0.298 bits per heavy atom. The Kier molecular flexibility index (Phi) is 63.1. The zero-order chi connectivity index (χ0) is 69.6. The van der Waals surface area contributed by atoms with Gasteiger partial charge in [0, 0.05) is 25.7 Å². The van der Waals surface area contributed by atoms with Crippen LogP contribution in [-0.4, -0.2) is 96.7 Å². The number of aliphatic hydroxyl groups is 1. The maximum Gasteiger partial charge on any atom is 0.472 e. The van der Waals surface area contributed by atoms with Gasteiger partial charge in [-0.3, -0.25) is 37.3 Å². The molecule has 0 amide bonds. The quantitative estimate of drug-likeness (QED) is 0.0222. The topological polar surface area (TPSA) is 237 Å². The van der Waals surface area contributed by atoms with Crippen molar-refractivity contribution in [2.24, 2.45) is 23.7 Å². The van der Waals surface area contributed by atoms with E-state index in [1.165, 1.54) is 173 Å². The molecule has 0 aromatic rings. The van der Waals surface area contributed by atoms with Crippen molar-refractivity contribution in [3.05, 3.63) is 0 Å². The Hall–Kier alpha value is -1.94. The van der Waals surface area contributed by atoms with Crippen LogP contribution in [0.1, 0.15) is 376 Å². The number of hydrogen-bond donors (Lipinski definition) is 3. The van der Waals surface area contributed by atoms with E-state index >= 15 is 0 Å². The number of rotatable bonds is 72. The van der Waals surface area contributed by atoms with Gasteiger partial charge in [-0.15, -0.1) is 0 Å². The molecule has 94 heavy (non-hydrogen) atoms. The average molecular weight is 1380 g/mol. The van der Waals surface area contributed by atoms with E-state index in [1.807, 2.05) is 0 Å². The molecule has 0 heterocycles. The van der Waals surface area contributed by atoms with Crippen LogP contribution in [0.2, 0.25) is 0 Å². The Morgan fingerprint density at radius 3 is 0.755 bits per heavy atom. The van der Waals surface area contributed by atoms with E-state index < -0.39 is 97.5 Å². The van der Waals surface area contributed by atoms with Gasteiger partial charge in [0.15, 0.2) is 12.2 Å². The van der Waals surface area contributed by atoms with Crippen LogP contribution in [-0.2, 0) is 65.4 Å². The number of hydrogen-bond acceptors (Lipinski definition) is 15. The van der Waals surface area contributed by atoms with Crippen molar-refractivity contribution in [1.82, 2.24) is 0 Å². The number of unbranched alkanes of at least 4 members (excludes halogenated alkanes) is 37. The summed E-state index contributed by atoms with van der Waals surface area (Å²) in [6, 6.07) is 0. The molecule has 3 N–H and O–H groups in total. The molecule has 0 spiro atoms. The Morgan fingerprint density at radius 2 is 0.511 bits per heavy atom. The Labute approximate surface area is 575 Å². The molecule has 0 aliphatic heterocycles. The van der Waals surface area contributed by atoms with Gasteiger partial charge in [0.2, 0.25) is 0 Å². The van der Waals surface area contributed by atoms with Crippen molar-refractivity contribution < 1.29 is 80.2 Å². The SMILES string of the molecule is CCC(C)CCCCCCCCC(=O)O[C@H](COC(=O)CCCCCCCCCCCCCCCCCCC(C)C)COP(=O)(O)OCC(O)COP(=O)(O)OC[C@@H](COC(=O)CCCCCCCCCC(C)C)OC(=O)CCCCCCCCCCCCCCC(C)C. The third-order valence-electron chi connectivity index (χ3n) is 17.7. The second kappa shape index (κ2) is 64.4. The molecule has 0 saturated carbocycles. The van der Waals surface area contributed by atoms with Crippen LogP contribution < -0.4 is 0 Å². The second-order valence-electron chi connectivity index (χ2n) is 28.7. The summed E-state index contributed by atoms with van der Waals surface area (Å²) in [4.78, 5) is 72.7. The first-order valence-corrected chi connectivity index (χ1v) is 41.7. The number of phosphoric ester groups is 2. The maximum absolute atomic E-state index is 13.0. The fraction of sp³-hybridized carbons (Fsp3) is 0.947. The van der Waals surface area contributed by atoms with Crippen LogP contribution in [0.4, 0.5) is 0 Å². The highest BCUT2D eigenvalue weighted by molar-refractivity contribution is 7.47. The molecule has 0 bridgehead atoms. The molecule has 0 aliphatic rings. The molecule has 0 aliphatic carbocycles. The van der Waals surface area contributed by atoms with Crippen LogP contribution in [0.15, 0.2) is 0 Å². The Bertz CT molecular complexity index is 1850. The molecule has 558 valence electrons. The molecule has 0 saturated heterocycles. The first kappa shape index (κ1) is 92.1. The lowest BCUT2D eigenvalue weighted by atomic mass is 10.00. The molecule has 4 unspecified atom stereocenters. The van der Waals surface area contributed by atoms with Gasteiger partial charge in [-0.05, 0) is 49.4 Å². The lowest BCUT2D eigenvalue weighted by Crippen LogP contribution is -2.30. The monoisotopic (exact) mass is 1380 g/mol. The summed E-state index contributed by atoms with van der Waals surface area (Å²) in [5.41, 5.74) is 0. The van der Waals surface area contributed by atoms with Gasteiger partial charge in [-0.2, -0.15) is 0 Å². The molecule has 0 aromatic heterocycles. The van der Waals surface area contributed by atoms with E-state index in [2.05, 4.69) is 55.4 Å². The lowest BCUT2D eigenvalue weighted by Gasteiger charge is -2.21. The number of carbonyl (C=O) groups excluding carboxylic acids is 4. The number of ether oxygens (including phenoxy) is 4. The summed E-state index contributed by atoms with van der Waals surface area (Å²) >= 11 is 0. The van der Waals surface area contributed by atoms with Gasteiger partial charge in [0.05, 0.1) is 26.4 Å². The number of esters is 4. The molecule has 19 heteroatoms. The van der Waals surface area contributed by atoms with E-state index in [-0.39, 0.29) is 25.7 Å². The van der Waals surface area contributed by atoms with Gasteiger partial charge in [-0.25, -0.2) is 9.13 Å². The fourth-order valence-corrected chi connectivity index (χ4v) is 12.9. The first-order chi connectivity index (χ1) is 45.1. The molecular formula is C75H146O17P2. The van der Waals surface area contributed by atoms with Crippen molar-refractivity contribution in [3.63, 3.8) is 0 Å². The molecule has 17 nitrogen and oxygen atoms in total. The van der Waals surface area contributed by atoms with Crippen molar-refractivity contribution in [2.45, 2.75) is 395 Å². The second-order valence-corrected chi connectivity index (χ2v) is 31.6. The maximum atomic E-state index is 13.0. The summed E-state index contributed by atoms with van der Waals surface area (Å²) < 4.78 is 68.4. The molecule has 0 rings (SSSR count). The van der Waals surface area contributed by atoms with Crippen LogP contribution in [0.3, 0.4) is 0 Å². The van der Waals surface area contributed by atoms with Gasteiger partial charge in [0.25, 0.3) is 0 Å². The van der Waals surface area contributed by atoms with Crippen LogP contribution >= 0.6 is 15.6 Å². The zero-order valence-electron chi connectivity index (χ0n) is 61.6.